The second-order valence-corrected chi connectivity index (χ2v) is 18.5. The molecule has 1 aromatic carbocycles. The van der Waals surface area contributed by atoms with Crippen LogP contribution in [0.25, 0.3) is 10.9 Å². The van der Waals surface area contributed by atoms with Crippen LogP contribution in [0.5, 0.6) is 0 Å². The zero-order valence-corrected chi connectivity index (χ0v) is 38.9. The number of aliphatic hydroxyl groups excluding tert-OH is 3. The molecule has 5 rings (SSSR count). The Kier molecular flexibility index (Phi) is 19.4. The molecule has 1 aromatic heterocycles. The molecule has 17 nitrogen and oxygen atoms in total. The van der Waals surface area contributed by atoms with Crippen LogP contribution < -0.4 is 5.32 Å². The van der Waals surface area contributed by atoms with Crippen LogP contribution in [0, 0.1) is 11.8 Å². The third kappa shape index (κ3) is 13.5. The minimum absolute atomic E-state index is 0.0281. The molecule has 1 amide bonds. The van der Waals surface area contributed by atoms with E-state index in [2.05, 4.69) is 21.3 Å². The Morgan fingerprint density at radius 3 is 2.48 bits per heavy atom. The Hall–Kier alpha value is -3.20. The van der Waals surface area contributed by atoms with Crippen LogP contribution in [-0.2, 0) is 49.2 Å². The van der Waals surface area contributed by atoms with E-state index in [1.807, 2.05) is 37.4 Å². The average molecular weight is 903 g/mol. The molecule has 0 aliphatic carbocycles. The minimum atomic E-state index is -1.48. The highest BCUT2D eigenvalue weighted by Gasteiger charge is 2.52. The molecule has 64 heavy (non-hydrogen) atoms. The summed E-state index contributed by atoms with van der Waals surface area (Å²) in [5.41, 5.74) is 0.670. The van der Waals surface area contributed by atoms with Gasteiger partial charge in [0.1, 0.15) is 30.2 Å². The number of methoxy groups -OCH3 is 1. The van der Waals surface area contributed by atoms with E-state index in [0.717, 1.165) is 30.0 Å². The first-order valence-corrected chi connectivity index (χ1v) is 23.0. The number of carbonyl (C=O) groups is 3. The molecule has 17 heteroatoms. The van der Waals surface area contributed by atoms with E-state index in [1.165, 1.54) is 12.7 Å². The fourth-order valence-electron chi connectivity index (χ4n) is 9.69. The molecule has 4 heterocycles. The van der Waals surface area contributed by atoms with Gasteiger partial charge in [-0.2, -0.15) is 0 Å². The molecule has 5 unspecified atom stereocenters. The fourth-order valence-corrected chi connectivity index (χ4v) is 9.69. The maximum atomic E-state index is 13.3. The van der Waals surface area contributed by atoms with Crippen LogP contribution in [0.15, 0.2) is 36.5 Å². The van der Waals surface area contributed by atoms with E-state index in [9.17, 15) is 34.8 Å². The van der Waals surface area contributed by atoms with Crippen LogP contribution in [-0.4, -0.2) is 180 Å². The summed E-state index contributed by atoms with van der Waals surface area (Å²) in [7, 11) is 4.93. The quantitative estimate of drug-likeness (QED) is 0.136. The number of likely N-dealkylation sites (N-methyl/N-ethyl adjacent to an activating group) is 1. The molecule has 5 N–H and O–H groups in total. The maximum absolute atomic E-state index is 13.3. The van der Waals surface area contributed by atoms with Crippen molar-refractivity contribution < 1.29 is 63.2 Å². The average Bonchev–Trinajstić information content (AvgIpc) is 3.24. The number of aryl methyl sites for hydroxylation is 1. The van der Waals surface area contributed by atoms with E-state index in [1.54, 1.807) is 46.7 Å². The number of pyridine rings is 1. The second kappa shape index (κ2) is 24.0. The molecule has 2 aromatic rings. The van der Waals surface area contributed by atoms with E-state index in [-0.39, 0.29) is 43.9 Å². The summed E-state index contributed by atoms with van der Waals surface area (Å²) in [6, 6.07) is 9.35. The number of esters is 1. The molecular formula is C47H74N4O13. The van der Waals surface area contributed by atoms with Gasteiger partial charge in [0.05, 0.1) is 48.5 Å². The number of aromatic nitrogens is 1. The highest BCUT2D eigenvalue weighted by atomic mass is 16.7. The summed E-state index contributed by atoms with van der Waals surface area (Å²) >= 11 is 0. The van der Waals surface area contributed by atoms with Crippen molar-refractivity contribution in [2.75, 3.05) is 47.4 Å². The Bertz CT molecular complexity index is 1780. The lowest BCUT2D eigenvalue weighted by Crippen LogP contribution is -2.66. The molecule has 360 valence electrons. The van der Waals surface area contributed by atoms with Crippen molar-refractivity contribution in [2.45, 2.75) is 165 Å². The van der Waals surface area contributed by atoms with E-state index < -0.39 is 91.0 Å². The van der Waals surface area contributed by atoms with Crippen LogP contribution in [0.2, 0.25) is 0 Å². The van der Waals surface area contributed by atoms with Crippen LogP contribution in [0.1, 0.15) is 85.1 Å². The smallest absolute Gasteiger partial charge is 0.305 e. The first-order valence-electron chi connectivity index (χ1n) is 23.0. The zero-order chi connectivity index (χ0) is 46.7. The number of carbonyl (C=O) groups excluding carboxylic acids is 3. The molecule has 15 atom stereocenters. The number of fused-ring (bicyclic) bond motifs is 1. The Morgan fingerprint density at radius 1 is 1.05 bits per heavy atom. The summed E-state index contributed by atoms with van der Waals surface area (Å²) in [5, 5.41) is 50.9. The zero-order valence-electron chi connectivity index (χ0n) is 38.9. The molecule has 0 bridgehead atoms. The monoisotopic (exact) mass is 903 g/mol. The fraction of sp³-hybridized carbons (Fsp3) is 0.745. The SMILES string of the molecule is CCC(=O)O[C@H]1C(C)O[C@@H](O[C@@H]2C(C)O[C@@H](O[C@H]3[C@@H](CC=O)C[C@@H](C)[C@@H](O)CN(CCCc4ccnc5ccccc45)CCCNC(=O)C[C@@H](O)[C@@H]3OC)C(O)C2N(C)C)CC1(C)O. The van der Waals surface area contributed by atoms with Gasteiger partial charge in [-0.25, -0.2) is 0 Å². The number of rotatable bonds is 14. The standard InChI is InChI=1S/C47H74N4O13/c1-9-38(56)62-45-30(4)60-39(26-47(45,5)58)63-42-29(3)61-46(41(57)40(42)50(6)7)64-43-32(18-23-52)24-28(2)36(54)27-51(22-13-19-49-37(55)25-35(53)44(43)59-8)21-12-14-31-17-20-48-34-16-11-10-15-33(31)34/h10-11,15-17,20,23,28-30,32,35-36,39-46,53-54,57-58H,9,12-14,18-19,21-22,24-27H2,1-8H3,(H,49,55)/t28-,29?,30?,32+,35-,36+,39+,40?,41?,42-,43+,44+,45+,46+,47?/m1/s1. The van der Waals surface area contributed by atoms with Crippen molar-refractivity contribution in [3.05, 3.63) is 42.1 Å². The molecule has 3 fully saturated rings. The van der Waals surface area contributed by atoms with Gasteiger partial charge in [0.2, 0.25) is 5.91 Å². The first kappa shape index (κ1) is 51.8. The summed E-state index contributed by atoms with van der Waals surface area (Å²) in [6.07, 6.45) is -6.25. The van der Waals surface area contributed by atoms with Gasteiger partial charge in [-0.1, -0.05) is 32.0 Å². The van der Waals surface area contributed by atoms with Crippen molar-refractivity contribution in [1.29, 1.82) is 0 Å². The summed E-state index contributed by atoms with van der Waals surface area (Å²) in [5.74, 6) is -1.83. The van der Waals surface area contributed by atoms with Gasteiger partial charge in [-0.15, -0.1) is 0 Å². The maximum Gasteiger partial charge on any atom is 0.305 e. The number of hydrogen-bond acceptors (Lipinski definition) is 16. The lowest BCUT2D eigenvalue weighted by molar-refractivity contribution is -0.344. The van der Waals surface area contributed by atoms with Crippen LogP contribution in [0.4, 0.5) is 0 Å². The van der Waals surface area contributed by atoms with Gasteiger partial charge in [0.15, 0.2) is 18.7 Å². The largest absolute Gasteiger partial charge is 0.457 e. The Balaban J connectivity index is 1.34. The van der Waals surface area contributed by atoms with Gasteiger partial charge < -0.3 is 68.8 Å². The van der Waals surface area contributed by atoms with Gasteiger partial charge >= 0.3 is 5.97 Å². The van der Waals surface area contributed by atoms with Crippen LogP contribution >= 0.6 is 0 Å². The number of benzene rings is 1. The third-order valence-electron chi connectivity index (χ3n) is 13.1. The van der Waals surface area contributed by atoms with Crippen molar-refractivity contribution in [3.63, 3.8) is 0 Å². The molecule has 3 saturated heterocycles. The first-order chi connectivity index (χ1) is 30.5. The summed E-state index contributed by atoms with van der Waals surface area (Å²) in [6.45, 7) is 10.7. The summed E-state index contributed by atoms with van der Waals surface area (Å²) in [4.78, 5) is 46.3. The van der Waals surface area contributed by atoms with E-state index in [0.29, 0.717) is 32.6 Å². The van der Waals surface area contributed by atoms with Gasteiger partial charge in [-0.3, -0.25) is 14.6 Å². The van der Waals surface area contributed by atoms with E-state index in [4.69, 9.17) is 28.4 Å². The second-order valence-electron chi connectivity index (χ2n) is 18.5. The predicted octanol–water partition coefficient (Wildman–Crippen LogP) is 2.36. The van der Waals surface area contributed by atoms with Gasteiger partial charge in [0, 0.05) is 51.0 Å². The Labute approximate surface area is 378 Å². The molecule has 3 aliphatic heterocycles. The number of nitrogens with one attached hydrogen (secondary N) is 1. The number of nitrogens with zero attached hydrogens (tertiary/aromatic N) is 3. The lowest BCUT2D eigenvalue weighted by atomic mass is 9.82. The number of β-amino-alcohol motifs (C(OH)–C–C–N with tert-alkyl or cyclic N) is 1. The van der Waals surface area contributed by atoms with E-state index >= 15 is 0 Å². The predicted molar refractivity (Wildman–Crippen MR) is 237 cm³/mol. The lowest BCUT2D eigenvalue weighted by Gasteiger charge is -2.50. The third-order valence-corrected chi connectivity index (χ3v) is 13.1. The van der Waals surface area contributed by atoms with Crippen molar-refractivity contribution in [1.82, 2.24) is 20.1 Å². The number of para-hydroxylation sites is 1. The minimum Gasteiger partial charge on any atom is -0.457 e. The number of aliphatic hydroxyl groups is 4. The molecular weight excluding hydrogens is 829 g/mol. The number of ether oxygens (including phenoxy) is 6. The molecule has 0 saturated carbocycles. The van der Waals surface area contributed by atoms with Crippen molar-refractivity contribution in [3.8, 4) is 0 Å². The van der Waals surface area contributed by atoms with Crippen molar-refractivity contribution in [2.24, 2.45) is 11.8 Å². The molecule has 0 radical (unpaired) electrons. The summed E-state index contributed by atoms with van der Waals surface area (Å²) < 4.78 is 37.1. The topological polar surface area (TPSA) is 219 Å². The number of hydrogen-bond donors (Lipinski definition) is 5. The number of amides is 1. The number of aldehydes is 1. The highest BCUT2D eigenvalue weighted by Crippen LogP contribution is 2.37. The van der Waals surface area contributed by atoms with Crippen LogP contribution in [0.3, 0.4) is 0 Å². The Morgan fingerprint density at radius 2 is 1.80 bits per heavy atom. The van der Waals surface area contributed by atoms with Crippen molar-refractivity contribution >= 4 is 29.1 Å². The molecule has 0 spiro atoms. The van der Waals surface area contributed by atoms with Gasteiger partial charge in [-0.05, 0) is 103 Å². The molecule has 3 aliphatic rings. The normalized spacial score (nSPS) is 36.5. The highest BCUT2D eigenvalue weighted by molar-refractivity contribution is 5.81. The van der Waals surface area contributed by atoms with Gasteiger partial charge in [0.25, 0.3) is 0 Å².